The molecule has 0 aliphatic heterocycles. The van der Waals surface area contributed by atoms with E-state index >= 15 is 0 Å². The van der Waals surface area contributed by atoms with Gasteiger partial charge in [-0.15, -0.1) is 0 Å². The fourth-order valence-corrected chi connectivity index (χ4v) is 1.47. The molecule has 1 atom stereocenters. The third kappa shape index (κ3) is 2.54. The van der Waals surface area contributed by atoms with Gasteiger partial charge in [0, 0.05) is 0 Å². The Labute approximate surface area is 90.3 Å². The summed E-state index contributed by atoms with van der Waals surface area (Å²) in [7, 11) is 0. The number of aliphatic hydroxyl groups is 1. The number of benzene rings is 1. The number of rotatable bonds is 3. The van der Waals surface area contributed by atoms with Gasteiger partial charge >= 0.3 is 0 Å². The van der Waals surface area contributed by atoms with Crippen molar-refractivity contribution in [2.24, 2.45) is 0 Å². The number of ketones is 1. The molecule has 0 heterocycles. The molecule has 1 rings (SSSR count). The number of aryl methyl sites for hydroxylation is 1. The Balaban J connectivity index is 3.13. The van der Waals surface area contributed by atoms with E-state index in [9.17, 15) is 9.90 Å². The SMILES string of the molecule is C=C(C)c1ccc(C(O)C(C)=O)c(C)c1. The van der Waals surface area contributed by atoms with E-state index in [1.807, 2.05) is 26.0 Å². The van der Waals surface area contributed by atoms with Gasteiger partial charge in [0.15, 0.2) is 5.78 Å². The first-order chi connectivity index (χ1) is 6.93. The molecule has 0 saturated carbocycles. The van der Waals surface area contributed by atoms with Gasteiger partial charge < -0.3 is 5.11 Å². The topological polar surface area (TPSA) is 37.3 Å². The number of aliphatic hydroxyl groups excluding tert-OH is 1. The van der Waals surface area contributed by atoms with Crippen molar-refractivity contribution in [1.29, 1.82) is 0 Å². The summed E-state index contributed by atoms with van der Waals surface area (Å²) in [5, 5.41) is 9.64. The molecular weight excluding hydrogens is 188 g/mol. The Morgan fingerprint density at radius 2 is 2.00 bits per heavy atom. The Hall–Kier alpha value is -1.41. The third-order valence-electron chi connectivity index (χ3n) is 2.44. The summed E-state index contributed by atoms with van der Waals surface area (Å²) < 4.78 is 0. The number of Topliss-reactive ketones (excluding diaryl/α,β-unsaturated/α-hetero) is 1. The van der Waals surface area contributed by atoms with Gasteiger partial charge in [0.2, 0.25) is 0 Å². The number of carbonyl (C=O) groups excluding carboxylic acids is 1. The van der Waals surface area contributed by atoms with Crippen molar-refractivity contribution in [3.8, 4) is 0 Å². The molecule has 1 unspecified atom stereocenters. The molecule has 1 aromatic rings. The Bertz CT molecular complexity index is 405. The highest BCUT2D eigenvalue weighted by molar-refractivity contribution is 5.82. The van der Waals surface area contributed by atoms with Crippen LogP contribution < -0.4 is 0 Å². The average molecular weight is 204 g/mol. The molecule has 0 fully saturated rings. The normalized spacial score (nSPS) is 12.3. The molecule has 2 nitrogen and oxygen atoms in total. The zero-order chi connectivity index (χ0) is 11.6. The Kier molecular flexibility index (Phi) is 3.43. The molecule has 1 aromatic carbocycles. The predicted molar refractivity (Wildman–Crippen MR) is 61.5 cm³/mol. The third-order valence-corrected chi connectivity index (χ3v) is 2.44. The second-order valence-electron chi connectivity index (χ2n) is 3.86. The summed E-state index contributed by atoms with van der Waals surface area (Å²) in [5.41, 5.74) is 3.60. The lowest BCUT2D eigenvalue weighted by Gasteiger charge is -2.12. The van der Waals surface area contributed by atoms with E-state index < -0.39 is 6.10 Å². The number of carbonyl (C=O) groups is 1. The van der Waals surface area contributed by atoms with E-state index in [2.05, 4.69) is 6.58 Å². The minimum absolute atomic E-state index is 0.235. The zero-order valence-corrected chi connectivity index (χ0v) is 9.37. The van der Waals surface area contributed by atoms with Crippen molar-refractivity contribution in [1.82, 2.24) is 0 Å². The summed E-state index contributed by atoms with van der Waals surface area (Å²) in [6.45, 7) is 9.04. The van der Waals surface area contributed by atoms with Gasteiger partial charge in [-0.2, -0.15) is 0 Å². The van der Waals surface area contributed by atoms with Crippen LogP contribution in [0.5, 0.6) is 0 Å². The maximum atomic E-state index is 11.0. The van der Waals surface area contributed by atoms with Gasteiger partial charge in [0.25, 0.3) is 0 Å². The van der Waals surface area contributed by atoms with Crippen molar-refractivity contribution >= 4 is 11.4 Å². The minimum Gasteiger partial charge on any atom is -0.381 e. The molecule has 0 amide bonds. The highest BCUT2D eigenvalue weighted by Gasteiger charge is 2.14. The van der Waals surface area contributed by atoms with Gasteiger partial charge in [0.05, 0.1) is 0 Å². The van der Waals surface area contributed by atoms with E-state index in [0.29, 0.717) is 5.56 Å². The molecule has 0 aliphatic carbocycles. The fourth-order valence-electron chi connectivity index (χ4n) is 1.47. The Morgan fingerprint density at radius 3 is 2.40 bits per heavy atom. The first-order valence-corrected chi connectivity index (χ1v) is 4.88. The second kappa shape index (κ2) is 4.41. The van der Waals surface area contributed by atoms with Crippen LogP contribution in [0, 0.1) is 6.92 Å². The van der Waals surface area contributed by atoms with Gasteiger partial charge in [-0.3, -0.25) is 4.79 Å². The predicted octanol–water partition coefficient (Wildman–Crippen LogP) is 2.65. The summed E-state index contributed by atoms with van der Waals surface area (Å²) in [5.74, 6) is -0.235. The largest absolute Gasteiger partial charge is 0.381 e. The van der Waals surface area contributed by atoms with Gasteiger partial charge in [-0.05, 0) is 37.5 Å². The lowest BCUT2D eigenvalue weighted by molar-refractivity contribution is -0.125. The van der Waals surface area contributed by atoms with E-state index in [0.717, 1.165) is 16.7 Å². The highest BCUT2D eigenvalue weighted by Crippen LogP contribution is 2.22. The van der Waals surface area contributed by atoms with Crippen molar-refractivity contribution in [3.05, 3.63) is 41.5 Å². The molecule has 0 saturated heterocycles. The van der Waals surface area contributed by atoms with Crippen molar-refractivity contribution in [3.63, 3.8) is 0 Å². The lowest BCUT2D eigenvalue weighted by Crippen LogP contribution is -2.09. The minimum atomic E-state index is -1.01. The van der Waals surface area contributed by atoms with Crippen LogP contribution in [-0.4, -0.2) is 10.9 Å². The number of hydrogen-bond donors (Lipinski definition) is 1. The monoisotopic (exact) mass is 204 g/mol. The molecule has 15 heavy (non-hydrogen) atoms. The summed E-state index contributed by atoms with van der Waals surface area (Å²) in [4.78, 5) is 11.0. The van der Waals surface area contributed by atoms with Crippen LogP contribution in [0.2, 0.25) is 0 Å². The second-order valence-corrected chi connectivity index (χ2v) is 3.86. The number of allylic oxidation sites excluding steroid dienone is 1. The van der Waals surface area contributed by atoms with Crippen LogP contribution in [0.1, 0.15) is 36.6 Å². The van der Waals surface area contributed by atoms with Crippen LogP contribution in [0.15, 0.2) is 24.8 Å². The lowest BCUT2D eigenvalue weighted by atomic mass is 9.97. The van der Waals surface area contributed by atoms with Crippen LogP contribution in [0.25, 0.3) is 5.57 Å². The molecule has 0 aliphatic rings. The van der Waals surface area contributed by atoms with Gasteiger partial charge in [-0.25, -0.2) is 0 Å². The average Bonchev–Trinajstić information content (AvgIpc) is 2.16. The smallest absolute Gasteiger partial charge is 0.162 e. The van der Waals surface area contributed by atoms with Gasteiger partial charge in [-0.1, -0.05) is 30.4 Å². The standard InChI is InChI=1S/C13H16O2/c1-8(2)11-5-6-12(9(3)7-11)13(15)10(4)14/h5-7,13,15H,1H2,2-4H3. The van der Waals surface area contributed by atoms with E-state index in [-0.39, 0.29) is 5.78 Å². The van der Waals surface area contributed by atoms with Crippen molar-refractivity contribution in [2.45, 2.75) is 26.9 Å². The first-order valence-electron chi connectivity index (χ1n) is 4.88. The van der Waals surface area contributed by atoms with Gasteiger partial charge in [0.1, 0.15) is 6.10 Å². The fraction of sp³-hybridized carbons (Fsp3) is 0.308. The van der Waals surface area contributed by atoms with E-state index in [4.69, 9.17) is 0 Å². The first kappa shape index (κ1) is 11.7. The molecule has 2 heteroatoms. The van der Waals surface area contributed by atoms with Crippen LogP contribution in [0.3, 0.4) is 0 Å². The molecule has 0 spiro atoms. The van der Waals surface area contributed by atoms with Crippen molar-refractivity contribution in [2.75, 3.05) is 0 Å². The maximum absolute atomic E-state index is 11.0. The maximum Gasteiger partial charge on any atom is 0.162 e. The number of hydrogen-bond acceptors (Lipinski definition) is 2. The molecule has 0 radical (unpaired) electrons. The van der Waals surface area contributed by atoms with Crippen molar-refractivity contribution < 1.29 is 9.90 Å². The molecule has 80 valence electrons. The summed E-state index contributed by atoms with van der Waals surface area (Å²) >= 11 is 0. The van der Waals surface area contributed by atoms with Crippen LogP contribution in [0.4, 0.5) is 0 Å². The van der Waals surface area contributed by atoms with E-state index in [1.54, 1.807) is 6.07 Å². The summed E-state index contributed by atoms with van der Waals surface area (Å²) in [6, 6.07) is 5.59. The molecular formula is C13H16O2. The quantitative estimate of drug-likeness (QED) is 0.821. The van der Waals surface area contributed by atoms with Crippen LogP contribution >= 0.6 is 0 Å². The molecule has 0 aromatic heterocycles. The zero-order valence-electron chi connectivity index (χ0n) is 9.37. The Morgan fingerprint density at radius 1 is 1.40 bits per heavy atom. The summed E-state index contributed by atoms with van der Waals surface area (Å²) in [6.07, 6.45) is -1.01. The van der Waals surface area contributed by atoms with E-state index in [1.165, 1.54) is 6.92 Å². The highest BCUT2D eigenvalue weighted by atomic mass is 16.3. The molecule has 1 N–H and O–H groups in total. The molecule has 0 bridgehead atoms. The van der Waals surface area contributed by atoms with Crippen LogP contribution in [-0.2, 0) is 4.79 Å².